The maximum absolute atomic E-state index is 10.5. The van der Waals surface area contributed by atoms with E-state index in [9.17, 15) is 4.79 Å². The number of hydrogen-bond donors (Lipinski definition) is 3. The molecule has 0 saturated carbocycles. The SMILES string of the molecule is O=C(O)CCc1ccc(Nc2nc3ccccc3[nH]2)cc1. The summed E-state index contributed by atoms with van der Waals surface area (Å²) < 4.78 is 0. The second-order valence-corrected chi connectivity index (χ2v) is 4.82. The van der Waals surface area contributed by atoms with Crippen LogP contribution in [0.3, 0.4) is 0 Å². The minimum Gasteiger partial charge on any atom is -0.481 e. The molecule has 106 valence electrons. The summed E-state index contributed by atoms with van der Waals surface area (Å²) >= 11 is 0. The molecule has 5 nitrogen and oxygen atoms in total. The molecule has 2 aromatic carbocycles. The molecular weight excluding hydrogens is 266 g/mol. The van der Waals surface area contributed by atoms with Gasteiger partial charge in [0.15, 0.2) is 0 Å². The van der Waals surface area contributed by atoms with E-state index in [0.29, 0.717) is 12.4 Å². The number of rotatable bonds is 5. The fraction of sp³-hybridized carbons (Fsp3) is 0.125. The number of imidazole rings is 1. The monoisotopic (exact) mass is 281 g/mol. The van der Waals surface area contributed by atoms with Crippen LogP contribution in [0.4, 0.5) is 11.6 Å². The van der Waals surface area contributed by atoms with Gasteiger partial charge in [-0.25, -0.2) is 4.98 Å². The highest BCUT2D eigenvalue weighted by atomic mass is 16.4. The average Bonchev–Trinajstić information content (AvgIpc) is 2.88. The minimum atomic E-state index is -0.778. The zero-order chi connectivity index (χ0) is 14.7. The van der Waals surface area contributed by atoms with Crippen molar-refractivity contribution in [3.8, 4) is 0 Å². The standard InChI is InChI=1S/C16H15N3O2/c20-15(21)10-7-11-5-8-12(9-6-11)17-16-18-13-3-1-2-4-14(13)19-16/h1-6,8-9H,7,10H2,(H,20,21)(H2,17,18,19). The predicted octanol–water partition coefficient (Wildman–Crippen LogP) is 3.32. The van der Waals surface area contributed by atoms with Gasteiger partial charge in [-0.1, -0.05) is 24.3 Å². The third kappa shape index (κ3) is 3.20. The molecule has 0 spiro atoms. The highest BCUT2D eigenvalue weighted by molar-refractivity contribution is 5.78. The fourth-order valence-electron chi connectivity index (χ4n) is 2.15. The number of para-hydroxylation sites is 2. The molecule has 0 bridgehead atoms. The van der Waals surface area contributed by atoms with Gasteiger partial charge in [-0.2, -0.15) is 0 Å². The largest absolute Gasteiger partial charge is 0.481 e. The van der Waals surface area contributed by atoms with E-state index in [0.717, 1.165) is 22.3 Å². The molecule has 0 unspecified atom stereocenters. The summed E-state index contributed by atoms with van der Waals surface area (Å²) in [5.41, 5.74) is 3.82. The van der Waals surface area contributed by atoms with E-state index >= 15 is 0 Å². The number of benzene rings is 2. The van der Waals surface area contributed by atoms with E-state index in [1.54, 1.807) is 0 Å². The van der Waals surface area contributed by atoms with Crippen molar-refractivity contribution in [2.75, 3.05) is 5.32 Å². The van der Waals surface area contributed by atoms with Gasteiger partial charge in [0.2, 0.25) is 5.95 Å². The van der Waals surface area contributed by atoms with Crippen molar-refractivity contribution in [3.05, 3.63) is 54.1 Å². The van der Waals surface area contributed by atoms with E-state index in [1.807, 2.05) is 48.5 Å². The summed E-state index contributed by atoms with van der Waals surface area (Å²) in [4.78, 5) is 18.2. The number of hydrogen-bond acceptors (Lipinski definition) is 3. The predicted molar refractivity (Wildman–Crippen MR) is 81.8 cm³/mol. The van der Waals surface area contributed by atoms with Crippen LogP contribution in [0.15, 0.2) is 48.5 Å². The number of anilines is 2. The molecule has 0 aliphatic rings. The topological polar surface area (TPSA) is 78.0 Å². The molecule has 0 saturated heterocycles. The molecule has 0 radical (unpaired) electrons. The summed E-state index contributed by atoms with van der Waals surface area (Å²) in [5, 5.41) is 11.9. The van der Waals surface area contributed by atoms with Crippen LogP contribution in [0.5, 0.6) is 0 Å². The van der Waals surface area contributed by atoms with E-state index in [1.165, 1.54) is 0 Å². The molecular formula is C16H15N3O2. The number of nitrogens with zero attached hydrogens (tertiary/aromatic N) is 1. The van der Waals surface area contributed by atoms with Gasteiger partial charge in [0, 0.05) is 12.1 Å². The first kappa shape index (κ1) is 13.2. The number of carboxylic acid groups (broad SMARTS) is 1. The van der Waals surface area contributed by atoms with Crippen molar-refractivity contribution in [1.82, 2.24) is 9.97 Å². The average molecular weight is 281 g/mol. The molecule has 1 aromatic heterocycles. The number of fused-ring (bicyclic) bond motifs is 1. The third-order valence-corrected chi connectivity index (χ3v) is 3.23. The van der Waals surface area contributed by atoms with E-state index < -0.39 is 5.97 Å². The summed E-state index contributed by atoms with van der Waals surface area (Å²) in [5.74, 6) is -0.0889. The Labute approximate surface area is 121 Å². The maximum atomic E-state index is 10.5. The van der Waals surface area contributed by atoms with Crippen LogP contribution in [0.25, 0.3) is 11.0 Å². The van der Waals surface area contributed by atoms with Gasteiger partial charge >= 0.3 is 5.97 Å². The first-order valence-corrected chi connectivity index (χ1v) is 6.73. The Morgan fingerprint density at radius 1 is 1.14 bits per heavy atom. The molecule has 3 rings (SSSR count). The third-order valence-electron chi connectivity index (χ3n) is 3.23. The van der Waals surface area contributed by atoms with Crippen molar-refractivity contribution in [2.24, 2.45) is 0 Å². The number of aromatic nitrogens is 2. The van der Waals surface area contributed by atoms with Crippen LogP contribution in [-0.4, -0.2) is 21.0 Å². The zero-order valence-electron chi connectivity index (χ0n) is 11.3. The van der Waals surface area contributed by atoms with Crippen molar-refractivity contribution in [3.63, 3.8) is 0 Å². The number of nitrogens with one attached hydrogen (secondary N) is 2. The van der Waals surface area contributed by atoms with Gasteiger partial charge in [-0.05, 0) is 36.2 Å². The molecule has 0 aliphatic carbocycles. The molecule has 1 heterocycles. The van der Waals surface area contributed by atoms with Crippen LogP contribution in [0, 0.1) is 0 Å². The smallest absolute Gasteiger partial charge is 0.303 e. The molecule has 0 fully saturated rings. The van der Waals surface area contributed by atoms with Gasteiger partial charge in [-0.15, -0.1) is 0 Å². The Hall–Kier alpha value is -2.82. The van der Waals surface area contributed by atoms with E-state index in [4.69, 9.17) is 5.11 Å². The number of H-pyrrole nitrogens is 1. The molecule has 0 amide bonds. The highest BCUT2D eigenvalue weighted by Crippen LogP contribution is 2.18. The Bertz CT molecular complexity index is 730. The lowest BCUT2D eigenvalue weighted by Gasteiger charge is -2.04. The molecule has 0 atom stereocenters. The van der Waals surface area contributed by atoms with Crippen LogP contribution >= 0.6 is 0 Å². The number of aliphatic carboxylic acids is 1. The molecule has 3 aromatic rings. The second-order valence-electron chi connectivity index (χ2n) is 4.82. The van der Waals surface area contributed by atoms with Crippen LogP contribution in [0.1, 0.15) is 12.0 Å². The van der Waals surface area contributed by atoms with E-state index in [-0.39, 0.29) is 6.42 Å². The van der Waals surface area contributed by atoms with Gasteiger partial charge in [0.25, 0.3) is 0 Å². The van der Waals surface area contributed by atoms with Gasteiger partial charge in [-0.3, -0.25) is 4.79 Å². The number of carbonyl (C=O) groups is 1. The molecule has 21 heavy (non-hydrogen) atoms. The highest BCUT2D eigenvalue weighted by Gasteiger charge is 2.03. The Morgan fingerprint density at radius 3 is 2.62 bits per heavy atom. The Morgan fingerprint density at radius 2 is 1.90 bits per heavy atom. The van der Waals surface area contributed by atoms with Crippen molar-refractivity contribution >= 4 is 28.6 Å². The lowest BCUT2D eigenvalue weighted by atomic mass is 10.1. The number of aryl methyl sites for hydroxylation is 1. The normalized spacial score (nSPS) is 10.7. The van der Waals surface area contributed by atoms with Crippen LogP contribution in [-0.2, 0) is 11.2 Å². The lowest BCUT2D eigenvalue weighted by molar-refractivity contribution is -0.136. The Balaban J connectivity index is 1.71. The summed E-state index contributed by atoms with van der Waals surface area (Å²) in [6.07, 6.45) is 0.691. The summed E-state index contributed by atoms with van der Waals surface area (Å²) in [7, 11) is 0. The molecule has 0 aliphatic heterocycles. The second kappa shape index (κ2) is 5.66. The molecule has 3 N–H and O–H groups in total. The number of carboxylic acids is 1. The first-order chi connectivity index (χ1) is 10.2. The zero-order valence-corrected chi connectivity index (χ0v) is 11.3. The quantitative estimate of drug-likeness (QED) is 0.670. The van der Waals surface area contributed by atoms with Crippen LogP contribution < -0.4 is 5.32 Å². The van der Waals surface area contributed by atoms with Crippen molar-refractivity contribution < 1.29 is 9.90 Å². The number of aromatic amines is 1. The van der Waals surface area contributed by atoms with Crippen LogP contribution in [0.2, 0.25) is 0 Å². The molecule has 5 heteroatoms. The first-order valence-electron chi connectivity index (χ1n) is 6.73. The van der Waals surface area contributed by atoms with E-state index in [2.05, 4.69) is 15.3 Å². The minimum absolute atomic E-state index is 0.149. The fourth-order valence-corrected chi connectivity index (χ4v) is 2.15. The van der Waals surface area contributed by atoms with Crippen molar-refractivity contribution in [2.45, 2.75) is 12.8 Å². The van der Waals surface area contributed by atoms with Crippen molar-refractivity contribution in [1.29, 1.82) is 0 Å². The maximum Gasteiger partial charge on any atom is 0.303 e. The lowest BCUT2D eigenvalue weighted by Crippen LogP contribution is -1.97. The summed E-state index contributed by atoms with van der Waals surface area (Å²) in [6.45, 7) is 0. The summed E-state index contributed by atoms with van der Waals surface area (Å²) in [6, 6.07) is 15.5. The van der Waals surface area contributed by atoms with Gasteiger partial charge in [0.05, 0.1) is 11.0 Å². The van der Waals surface area contributed by atoms with Gasteiger partial charge < -0.3 is 15.4 Å². The Kier molecular flexibility index (Phi) is 3.55. The van der Waals surface area contributed by atoms with Gasteiger partial charge in [0.1, 0.15) is 0 Å².